The smallest absolute Gasteiger partial charge is 0.241 e. The molecule has 0 spiro atoms. The quantitative estimate of drug-likeness (QED) is 0.925. The molecule has 2 rings (SSSR count). The molecule has 5 heteroatoms. The third kappa shape index (κ3) is 4.70. The fourth-order valence-electron chi connectivity index (χ4n) is 2.69. The first-order valence-corrected chi connectivity index (χ1v) is 7.41. The highest BCUT2D eigenvalue weighted by atomic mass is 35.5. The van der Waals surface area contributed by atoms with Crippen LogP contribution in [0.4, 0.5) is 5.69 Å². The summed E-state index contributed by atoms with van der Waals surface area (Å²) in [4.78, 5) is 16.8. The molecule has 0 aromatic heterocycles. The number of hydrogen-bond acceptors (Lipinski definition) is 3. The molecule has 1 aliphatic heterocycles. The molecule has 1 N–H and O–H groups in total. The third-order valence-corrected chi connectivity index (χ3v) is 3.80. The van der Waals surface area contributed by atoms with Crippen LogP contribution in [0.1, 0.15) is 20.8 Å². The first-order valence-electron chi connectivity index (χ1n) is 7.41. The second-order valence-corrected chi connectivity index (χ2v) is 5.72. The largest absolute Gasteiger partial charge is 0.314 e. The van der Waals surface area contributed by atoms with Crippen LogP contribution in [0.25, 0.3) is 0 Å². The Hall–Kier alpha value is -1.10. The molecule has 0 unspecified atom stereocenters. The summed E-state index contributed by atoms with van der Waals surface area (Å²) in [5, 5.41) is 3.35. The highest BCUT2D eigenvalue weighted by Gasteiger charge is 2.25. The van der Waals surface area contributed by atoms with E-state index >= 15 is 0 Å². The zero-order valence-corrected chi connectivity index (χ0v) is 13.9. The van der Waals surface area contributed by atoms with Crippen LogP contribution in [0.2, 0.25) is 0 Å². The van der Waals surface area contributed by atoms with E-state index in [0.29, 0.717) is 12.6 Å². The normalized spacial score (nSPS) is 19.1. The van der Waals surface area contributed by atoms with Crippen molar-refractivity contribution >= 4 is 24.0 Å². The van der Waals surface area contributed by atoms with Crippen LogP contribution in [-0.2, 0) is 4.79 Å². The van der Waals surface area contributed by atoms with Crippen LogP contribution in [-0.4, -0.2) is 49.1 Å². The predicted molar refractivity (Wildman–Crippen MR) is 90.2 cm³/mol. The maximum absolute atomic E-state index is 12.7. The van der Waals surface area contributed by atoms with Gasteiger partial charge in [-0.25, -0.2) is 0 Å². The fourth-order valence-corrected chi connectivity index (χ4v) is 2.69. The van der Waals surface area contributed by atoms with Gasteiger partial charge in [0.1, 0.15) is 0 Å². The van der Waals surface area contributed by atoms with E-state index in [2.05, 4.69) is 31.0 Å². The van der Waals surface area contributed by atoms with Crippen molar-refractivity contribution in [1.82, 2.24) is 10.2 Å². The number of amides is 1. The van der Waals surface area contributed by atoms with Crippen molar-refractivity contribution in [2.75, 3.05) is 31.1 Å². The lowest BCUT2D eigenvalue weighted by atomic mass is 10.2. The SMILES string of the molecule is CC(C)N(C(=O)CN1CCNC[C@H]1C)c1ccccc1.Cl. The standard InChI is InChI=1S/C16H25N3O.ClH/c1-13(2)19(15-7-5-4-6-8-15)16(20)12-18-10-9-17-11-14(18)3;/h4-8,13-14,17H,9-12H2,1-3H3;1H/t14-;/m1./s1. The van der Waals surface area contributed by atoms with Gasteiger partial charge < -0.3 is 10.2 Å². The molecule has 1 atom stereocenters. The second-order valence-electron chi connectivity index (χ2n) is 5.72. The van der Waals surface area contributed by atoms with E-state index in [0.717, 1.165) is 25.3 Å². The monoisotopic (exact) mass is 311 g/mol. The van der Waals surface area contributed by atoms with Crippen LogP contribution in [0.15, 0.2) is 30.3 Å². The van der Waals surface area contributed by atoms with E-state index in [-0.39, 0.29) is 24.4 Å². The molecule has 0 aliphatic carbocycles. The first-order chi connectivity index (χ1) is 9.59. The fraction of sp³-hybridized carbons (Fsp3) is 0.562. The Balaban J connectivity index is 0.00000220. The van der Waals surface area contributed by atoms with Gasteiger partial charge in [0.05, 0.1) is 6.54 Å². The Labute approximate surface area is 133 Å². The molecule has 0 bridgehead atoms. The lowest BCUT2D eigenvalue weighted by Gasteiger charge is -2.36. The minimum absolute atomic E-state index is 0. The highest BCUT2D eigenvalue weighted by molar-refractivity contribution is 5.95. The van der Waals surface area contributed by atoms with Gasteiger partial charge >= 0.3 is 0 Å². The molecule has 118 valence electrons. The molecular formula is C16H26ClN3O. The zero-order valence-electron chi connectivity index (χ0n) is 13.1. The highest BCUT2D eigenvalue weighted by Crippen LogP contribution is 2.17. The molecule has 1 aromatic carbocycles. The van der Waals surface area contributed by atoms with Gasteiger partial charge in [-0.15, -0.1) is 12.4 Å². The lowest BCUT2D eigenvalue weighted by molar-refractivity contribution is -0.120. The van der Waals surface area contributed by atoms with Crippen LogP contribution < -0.4 is 10.2 Å². The van der Waals surface area contributed by atoms with Crippen molar-refractivity contribution < 1.29 is 4.79 Å². The summed E-state index contributed by atoms with van der Waals surface area (Å²) in [6.07, 6.45) is 0. The Morgan fingerprint density at radius 2 is 2.05 bits per heavy atom. The molecule has 21 heavy (non-hydrogen) atoms. The minimum atomic E-state index is 0. The van der Waals surface area contributed by atoms with Crippen molar-refractivity contribution in [3.05, 3.63) is 30.3 Å². The molecule has 1 aromatic rings. The van der Waals surface area contributed by atoms with Gasteiger partial charge in [-0.1, -0.05) is 18.2 Å². The number of rotatable bonds is 4. The minimum Gasteiger partial charge on any atom is -0.314 e. The summed E-state index contributed by atoms with van der Waals surface area (Å²) in [5.74, 6) is 0.181. The van der Waals surface area contributed by atoms with Crippen molar-refractivity contribution in [3.63, 3.8) is 0 Å². The Morgan fingerprint density at radius 1 is 1.38 bits per heavy atom. The number of benzene rings is 1. The van der Waals surface area contributed by atoms with Crippen molar-refractivity contribution in [1.29, 1.82) is 0 Å². The summed E-state index contributed by atoms with van der Waals surface area (Å²) in [5.41, 5.74) is 0.982. The van der Waals surface area contributed by atoms with Gasteiger partial charge in [0.25, 0.3) is 0 Å². The van der Waals surface area contributed by atoms with Crippen LogP contribution in [0.3, 0.4) is 0 Å². The third-order valence-electron chi connectivity index (χ3n) is 3.80. The van der Waals surface area contributed by atoms with Crippen molar-refractivity contribution in [2.45, 2.75) is 32.9 Å². The number of nitrogens with one attached hydrogen (secondary N) is 1. The predicted octanol–water partition coefficient (Wildman–Crippen LogP) is 2.14. The Kier molecular flexibility index (Phi) is 7.15. The molecule has 1 saturated heterocycles. The number of hydrogen-bond donors (Lipinski definition) is 1. The van der Waals surface area contributed by atoms with E-state index in [1.165, 1.54) is 0 Å². The summed E-state index contributed by atoms with van der Waals surface area (Å²) in [7, 11) is 0. The average molecular weight is 312 g/mol. The number of carbonyl (C=O) groups excluding carboxylic acids is 1. The van der Waals surface area contributed by atoms with E-state index in [9.17, 15) is 4.79 Å². The second kappa shape index (κ2) is 8.37. The maximum Gasteiger partial charge on any atom is 0.241 e. The van der Waals surface area contributed by atoms with Gasteiger partial charge in [0.15, 0.2) is 0 Å². The zero-order chi connectivity index (χ0) is 14.5. The number of carbonyl (C=O) groups is 1. The van der Waals surface area contributed by atoms with Crippen LogP contribution in [0, 0.1) is 0 Å². The van der Waals surface area contributed by atoms with Gasteiger partial charge in [-0.05, 0) is 32.9 Å². The average Bonchev–Trinajstić information content (AvgIpc) is 2.42. The number of anilines is 1. The first kappa shape index (κ1) is 18.0. The molecule has 1 heterocycles. The molecule has 1 fully saturated rings. The molecular weight excluding hydrogens is 286 g/mol. The summed E-state index contributed by atoms with van der Waals surface area (Å²) in [6, 6.07) is 10.5. The van der Waals surface area contributed by atoms with Crippen LogP contribution in [0.5, 0.6) is 0 Å². The molecule has 4 nitrogen and oxygen atoms in total. The van der Waals surface area contributed by atoms with Gasteiger partial charge in [-0.2, -0.15) is 0 Å². The van der Waals surface area contributed by atoms with E-state index in [4.69, 9.17) is 0 Å². The van der Waals surface area contributed by atoms with Crippen molar-refractivity contribution in [2.24, 2.45) is 0 Å². The molecule has 0 saturated carbocycles. The van der Waals surface area contributed by atoms with Crippen LogP contribution >= 0.6 is 12.4 Å². The van der Waals surface area contributed by atoms with Gasteiger partial charge in [-0.3, -0.25) is 9.69 Å². The topological polar surface area (TPSA) is 35.6 Å². The number of para-hydroxylation sites is 1. The van der Waals surface area contributed by atoms with E-state index in [1.54, 1.807) is 0 Å². The molecule has 0 radical (unpaired) electrons. The summed E-state index contributed by atoms with van der Waals surface area (Å²) < 4.78 is 0. The van der Waals surface area contributed by atoms with Gasteiger partial charge in [0, 0.05) is 37.4 Å². The Morgan fingerprint density at radius 3 is 2.62 bits per heavy atom. The van der Waals surface area contributed by atoms with Crippen molar-refractivity contribution in [3.8, 4) is 0 Å². The molecule has 1 aliphatic rings. The van der Waals surface area contributed by atoms with E-state index < -0.39 is 0 Å². The lowest BCUT2D eigenvalue weighted by Crippen LogP contribution is -2.54. The maximum atomic E-state index is 12.7. The van der Waals surface area contributed by atoms with E-state index in [1.807, 2.05) is 35.2 Å². The number of halogens is 1. The number of nitrogens with zero attached hydrogens (tertiary/aromatic N) is 2. The molecule has 1 amide bonds. The van der Waals surface area contributed by atoms with Gasteiger partial charge in [0.2, 0.25) is 5.91 Å². The Bertz CT molecular complexity index is 438. The summed E-state index contributed by atoms with van der Waals surface area (Å²) >= 11 is 0. The number of piperazine rings is 1. The summed E-state index contributed by atoms with van der Waals surface area (Å²) in [6.45, 7) is 9.65.